The fourth-order valence-corrected chi connectivity index (χ4v) is 2.98. The van der Waals surface area contributed by atoms with Crippen LogP contribution >= 0.6 is 0 Å². The van der Waals surface area contributed by atoms with E-state index < -0.39 is 11.4 Å². The summed E-state index contributed by atoms with van der Waals surface area (Å²) in [6, 6.07) is 16.5. The van der Waals surface area contributed by atoms with E-state index in [2.05, 4.69) is 4.99 Å². The highest BCUT2D eigenvalue weighted by molar-refractivity contribution is 5.99. The molecule has 0 saturated heterocycles. The summed E-state index contributed by atoms with van der Waals surface area (Å²) in [4.78, 5) is 30.1. The SMILES string of the molecule is C[C@]1(c2cccc(C(N)=O)c2)CC(=O)N(Cc2ccccc2)C(N)=N1. The third-order valence-electron chi connectivity index (χ3n) is 4.39. The van der Waals surface area contributed by atoms with Gasteiger partial charge in [-0.25, -0.2) is 4.99 Å². The first-order valence-corrected chi connectivity index (χ1v) is 7.99. The average Bonchev–Trinajstić information content (AvgIpc) is 2.59. The van der Waals surface area contributed by atoms with Crippen LogP contribution in [0.2, 0.25) is 0 Å². The number of benzene rings is 2. The summed E-state index contributed by atoms with van der Waals surface area (Å²) >= 11 is 0. The van der Waals surface area contributed by atoms with Crippen LogP contribution in [0.3, 0.4) is 0 Å². The molecule has 6 nitrogen and oxygen atoms in total. The second-order valence-corrected chi connectivity index (χ2v) is 6.33. The van der Waals surface area contributed by atoms with Crippen molar-refractivity contribution in [3.8, 4) is 0 Å². The molecular formula is C19H20N4O2. The zero-order valence-corrected chi connectivity index (χ0v) is 14.0. The van der Waals surface area contributed by atoms with Crippen LogP contribution in [0.5, 0.6) is 0 Å². The molecule has 0 aromatic heterocycles. The van der Waals surface area contributed by atoms with E-state index in [1.807, 2.05) is 43.3 Å². The van der Waals surface area contributed by atoms with Gasteiger partial charge in [0.15, 0.2) is 5.96 Å². The lowest BCUT2D eigenvalue weighted by Gasteiger charge is -2.35. The maximum Gasteiger partial charge on any atom is 0.248 e. The van der Waals surface area contributed by atoms with Crippen molar-refractivity contribution in [1.82, 2.24) is 4.90 Å². The molecule has 2 aromatic carbocycles. The molecule has 0 spiro atoms. The Hall–Kier alpha value is -3.15. The van der Waals surface area contributed by atoms with E-state index in [4.69, 9.17) is 11.5 Å². The van der Waals surface area contributed by atoms with Crippen molar-refractivity contribution < 1.29 is 9.59 Å². The lowest BCUT2D eigenvalue weighted by Crippen LogP contribution is -2.49. The molecule has 128 valence electrons. The molecule has 6 heteroatoms. The van der Waals surface area contributed by atoms with Crippen molar-refractivity contribution in [2.45, 2.75) is 25.4 Å². The summed E-state index contributed by atoms with van der Waals surface area (Å²) < 4.78 is 0. The number of nitrogens with two attached hydrogens (primary N) is 2. The average molecular weight is 336 g/mol. The van der Waals surface area contributed by atoms with Crippen molar-refractivity contribution in [3.05, 3.63) is 71.3 Å². The predicted octanol–water partition coefficient (Wildman–Crippen LogP) is 1.75. The molecule has 1 aliphatic rings. The standard InChI is InChI=1S/C19H20N4O2/c1-19(15-9-5-8-14(10-15)17(20)25)11-16(24)23(18(21)22-19)12-13-6-3-2-4-7-13/h2-10H,11-12H2,1H3,(H2,20,25)(H2,21,22)/t19-/m1/s1. The molecule has 0 fully saturated rings. The van der Waals surface area contributed by atoms with E-state index in [1.54, 1.807) is 18.2 Å². The van der Waals surface area contributed by atoms with Crippen LogP contribution in [0, 0.1) is 0 Å². The number of carbonyl (C=O) groups is 2. The van der Waals surface area contributed by atoms with E-state index >= 15 is 0 Å². The smallest absolute Gasteiger partial charge is 0.248 e. The van der Waals surface area contributed by atoms with Crippen LogP contribution in [0.25, 0.3) is 0 Å². The highest BCUT2D eigenvalue weighted by atomic mass is 16.2. The Morgan fingerprint density at radius 1 is 1.20 bits per heavy atom. The van der Waals surface area contributed by atoms with Crippen LogP contribution < -0.4 is 11.5 Å². The molecule has 0 bridgehead atoms. The number of aliphatic imine (C=N–C) groups is 1. The van der Waals surface area contributed by atoms with Gasteiger partial charge in [0.05, 0.1) is 18.5 Å². The molecule has 2 amide bonds. The number of nitrogens with zero attached hydrogens (tertiary/aromatic N) is 2. The molecule has 4 N–H and O–H groups in total. The Bertz CT molecular complexity index is 848. The largest absolute Gasteiger partial charge is 0.369 e. The summed E-state index contributed by atoms with van der Waals surface area (Å²) in [6.45, 7) is 2.21. The Balaban J connectivity index is 1.91. The minimum Gasteiger partial charge on any atom is -0.369 e. The number of hydrogen-bond acceptors (Lipinski definition) is 4. The van der Waals surface area contributed by atoms with Crippen LogP contribution in [0.1, 0.15) is 34.8 Å². The van der Waals surface area contributed by atoms with Crippen molar-refractivity contribution >= 4 is 17.8 Å². The van der Waals surface area contributed by atoms with Crippen molar-refractivity contribution in [2.24, 2.45) is 16.5 Å². The minimum atomic E-state index is -0.820. The highest BCUT2D eigenvalue weighted by Gasteiger charge is 2.37. The van der Waals surface area contributed by atoms with Gasteiger partial charge in [-0.05, 0) is 30.2 Å². The van der Waals surface area contributed by atoms with Gasteiger partial charge in [0.1, 0.15) is 0 Å². The molecule has 0 aliphatic carbocycles. The molecule has 1 atom stereocenters. The van der Waals surface area contributed by atoms with Crippen LogP contribution in [-0.4, -0.2) is 22.7 Å². The molecule has 3 rings (SSSR count). The third-order valence-corrected chi connectivity index (χ3v) is 4.39. The summed E-state index contributed by atoms with van der Waals surface area (Å²) in [5, 5.41) is 0. The Morgan fingerprint density at radius 2 is 1.92 bits per heavy atom. The summed E-state index contributed by atoms with van der Waals surface area (Å²) in [5.74, 6) is -0.453. The molecule has 0 saturated carbocycles. The first kappa shape index (κ1) is 16.7. The van der Waals surface area contributed by atoms with Crippen LogP contribution in [0.4, 0.5) is 0 Å². The Morgan fingerprint density at radius 3 is 2.56 bits per heavy atom. The van der Waals surface area contributed by atoms with Gasteiger partial charge in [0, 0.05) is 5.56 Å². The predicted molar refractivity (Wildman–Crippen MR) is 95.5 cm³/mol. The maximum absolute atomic E-state index is 12.7. The monoisotopic (exact) mass is 336 g/mol. The third kappa shape index (κ3) is 3.38. The van der Waals surface area contributed by atoms with E-state index in [0.29, 0.717) is 12.1 Å². The molecular weight excluding hydrogens is 316 g/mol. The number of primary amides is 1. The number of guanidine groups is 1. The van der Waals surface area contributed by atoms with Gasteiger partial charge in [-0.1, -0.05) is 42.5 Å². The molecule has 2 aromatic rings. The topological polar surface area (TPSA) is 102 Å². The van der Waals surface area contributed by atoms with Gasteiger partial charge >= 0.3 is 0 Å². The van der Waals surface area contributed by atoms with Crippen LogP contribution in [0.15, 0.2) is 59.6 Å². The van der Waals surface area contributed by atoms with Gasteiger partial charge < -0.3 is 11.5 Å². The normalized spacial score (nSPS) is 20.3. The maximum atomic E-state index is 12.7. The van der Waals surface area contributed by atoms with Crippen LogP contribution in [-0.2, 0) is 16.9 Å². The van der Waals surface area contributed by atoms with Gasteiger partial charge in [-0.2, -0.15) is 0 Å². The molecule has 1 aliphatic heterocycles. The van der Waals surface area contributed by atoms with E-state index in [-0.39, 0.29) is 18.3 Å². The quantitative estimate of drug-likeness (QED) is 0.889. The highest BCUT2D eigenvalue weighted by Crippen LogP contribution is 2.33. The molecule has 25 heavy (non-hydrogen) atoms. The minimum absolute atomic E-state index is 0.108. The number of rotatable bonds is 4. The summed E-state index contributed by atoms with van der Waals surface area (Å²) in [5.41, 5.74) is 12.7. The zero-order chi connectivity index (χ0) is 18.0. The molecule has 1 heterocycles. The number of carbonyl (C=O) groups excluding carboxylic acids is 2. The van der Waals surface area contributed by atoms with Gasteiger partial charge in [0.2, 0.25) is 11.8 Å². The van der Waals surface area contributed by atoms with Crippen molar-refractivity contribution in [1.29, 1.82) is 0 Å². The first-order chi connectivity index (χ1) is 11.9. The second-order valence-electron chi connectivity index (χ2n) is 6.33. The number of amides is 2. The Labute approximate surface area is 146 Å². The fraction of sp³-hybridized carbons (Fsp3) is 0.211. The van der Waals surface area contributed by atoms with Gasteiger partial charge in [0.25, 0.3) is 0 Å². The second kappa shape index (κ2) is 6.39. The Kier molecular flexibility index (Phi) is 4.27. The van der Waals surface area contributed by atoms with Gasteiger partial charge in [-0.15, -0.1) is 0 Å². The van der Waals surface area contributed by atoms with Crippen molar-refractivity contribution in [3.63, 3.8) is 0 Å². The van der Waals surface area contributed by atoms with Gasteiger partial charge in [-0.3, -0.25) is 14.5 Å². The molecule has 0 radical (unpaired) electrons. The van der Waals surface area contributed by atoms with E-state index in [0.717, 1.165) is 11.1 Å². The van der Waals surface area contributed by atoms with E-state index in [1.165, 1.54) is 4.90 Å². The first-order valence-electron chi connectivity index (χ1n) is 7.99. The van der Waals surface area contributed by atoms with Crippen molar-refractivity contribution in [2.75, 3.05) is 0 Å². The zero-order valence-electron chi connectivity index (χ0n) is 14.0. The fourth-order valence-electron chi connectivity index (χ4n) is 2.98. The lowest BCUT2D eigenvalue weighted by atomic mass is 9.86. The molecule has 0 unspecified atom stereocenters. The summed E-state index contributed by atoms with van der Waals surface area (Å²) in [7, 11) is 0. The summed E-state index contributed by atoms with van der Waals surface area (Å²) in [6.07, 6.45) is 0.169. The van der Waals surface area contributed by atoms with E-state index in [9.17, 15) is 9.59 Å². The number of hydrogen-bond donors (Lipinski definition) is 2. The lowest BCUT2D eigenvalue weighted by molar-refractivity contribution is -0.130.